The molecular weight excluding hydrogens is 302 g/mol. The van der Waals surface area contributed by atoms with Crippen LogP contribution in [0.3, 0.4) is 0 Å². The zero-order valence-corrected chi connectivity index (χ0v) is 13.0. The molecule has 2 rings (SSSR count). The third-order valence-corrected chi connectivity index (χ3v) is 4.14. The van der Waals surface area contributed by atoms with E-state index in [0.717, 1.165) is 10.5 Å². The lowest BCUT2D eigenvalue weighted by molar-refractivity contribution is -0.384. The van der Waals surface area contributed by atoms with Gasteiger partial charge in [0, 0.05) is 23.2 Å². The van der Waals surface area contributed by atoms with E-state index >= 15 is 0 Å². The number of nitro benzene ring substituents is 1. The summed E-state index contributed by atoms with van der Waals surface area (Å²) in [6, 6.07) is 7.96. The number of carbonyl (C=O) groups excluding carboxylic acids is 1. The number of rotatable bonds is 5. The summed E-state index contributed by atoms with van der Waals surface area (Å²) in [7, 11) is 0. The van der Waals surface area contributed by atoms with Gasteiger partial charge in [-0.15, -0.1) is 11.8 Å². The lowest BCUT2D eigenvalue weighted by Gasteiger charge is -2.13. The Morgan fingerprint density at radius 2 is 2.00 bits per heavy atom. The minimum Gasteiger partial charge on any atom is -0.324 e. The minimum atomic E-state index is -0.449. The molecule has 1 aromatic carbocycles. The number of aryl methyl sites for hydroxylation is 1. The van der Waals surface area contributed by atoms with Gasteiger partial charge in [-0.05, 0) is 37.6 Å². The summed E-state index contributed by atoms with van der Waals surface area (Å²) in [5.41, 5.74) is 1.66. The summed E-state index contributed by atoms with van der Waals surface area (Å²) < 4.78 is 0. The van der Waals surface area contributed by atoms with Crippen molar-refractivity contribution in [3.8, 4) is 0 Å². The lowest BCUT2D eigenvalue weighted by atomic mass is 10.2. The van der Waals surface area contributed by atoms with E-state index in [1.165, 1.54) is 23.9 Å². The third kappa shape index (κ3) is 4.05. The van der Waals surface area contributed by atoms with E-state index in [1.54, 1.807) is 31.5 Å². The fraction of sp³-hybridized carbons (Fsp3) is 0.200. The molecule has 0 aliphatic rings. The highest BCUT2D eigenvalue weighted by molar-refractivity contribution is 8.00. The fourth-order valence-electron chi connectivity index (χ4n) is 1.73. The van der Waals surface area contributed by atoms with Crippen molar-refractivity contribution >= 4 is 29.0 Å². The average molecular weight is 317 g/mol. The Hall–Kier alpha value is -2.41. The summed E-state index contributed by atoms with van der Waals surface area (Å²) in [5, 5.41) is 13.1. The molecule has 2 aromatic rings. The number of benzene rings is 1. The van der Waals surface area contributed by atoms with Crippen LogP contribution in [0.1, 0.15) is 12.5 Å². The average Bonchev–Trinajstić information content (AvgIpc) is 2.50. The number of anilines is 1. The molecule has 0 fully saturated rings. The van der Waals surface area contributed by atoms with Gasteiger partial charge in [-0.3, -0.25) is 19.9 Å². The fourth-order valence-corrected chi connectivity index (χ4v) is 2.60. The second-order valence-corrected chi connectivity index (χ2v) is 6.11. The van der Waals surface area contributed by atoms with Crippen molar-refractivity contribution in [3.63, 3.8) is 0 Å². The van der Waals surface area contributed by atoms with Crippen LogP contribution < -0.4 is 5.32 Å². The molecule has 0 spiro atoms. The summed E-state index contributed by atoms with van der Waals surface area (Å²) in [6.07, 6.45) is 3.27. The minimum absolute atomic E-state index is 0.0347. The highest BCUT2D eigenvalue weighted by Gasteiger charge is 2.16. The monoisotopic (exact) mass is 317 g/mol. The Morgan fingerprint density at radius 1 is 1.32 bits per heavy atom. The number of carbonyl (C=O) groups is 1. The van der Waals surface area contributed by atoms with Crippen molar-refractivity contribution in [1.29, 1.82) is 0 Å². The van der Waals surface area contributed by atoms with Crippen LogP contribution >= 0.6 is 11.8 Å². The van der Waals surface area contributed by atoms with Crippen LogP contribution in [0.4, 0.5) is 11.4 Å². The van der Waals surface area contributed by atoms with Gasteiger partial charge in [0.2, 0.25) is 5.91 Å². The Bertz CT molecular complexity index is 689. The Balaban J connectivity index is 1.99. The van der Waals surface area contributed by atoms with E-state index in [1.807, 2.05) is 13.0 Å². The van der Waals surface area contributed by atoms with Gasteiger partial charge in [-0.1, -0.05) is 0 Å². The number of non-ortho nitro benzene ring substituents is 1. The summed E-state index contributed by atoms with van der Waals surface area (Å²) in [4.78, 5) is 27.1. The first-order valence-corrected chi connectivity index (χ1v) is 7.48. The molecule has 114 valence electrons. The number of thioether (sulfide) groups is 1. The molecule has 1 unspecified atom stereocenters. The van der Waals surface area contributed by atoms with E-state index in [0.29, 0.717) is 5.69 Å². The van der Waals surface area contributed by atoms with Crippen molar-refractivity contribution < 1.29 is 9.72 Å². The van der Waals surface area contributed by atoms with E-state index < -0.39 is 4.92 Å². The van der Waals surface area contributed by atoms with Crippen molar-refractivity contribution in [1.82, 2.24) is 4.98 Å². The Kier molecular flexibility index (Phi) is 5.11. The van der Waals surface area contributed by atoms with Crippen molar-refractivity contribution in [2.75, 3.05) is 5.32 Å². The number of nitrogens with one attached hydrogen (secondary N) is 1. The maximum atomic E-state index is 12.2. The molecule has 6 nitrogen and oxygen atoms in total. The normalized spacial score (nSPS) is 11.7. The summed E-state index contributed by atoms with van der Waals surface area (Å²) in [5.74, 6) is -0.139. The maximum absolute atomic E-state index is 12.2. The van der Waals surface area contributed by atoms with Crippen molar-refractivity contribution in [2.45, 2.75) is 24.0 Å². The number of hydrogen-bond acceptors (Lipinski definition) is 5. The molecular formula is C15H15N3O3S. The second kappa shape index (κ2) is 7.04. The lowest BCUT2D eigenvalue weighted by Crippen LogP contribution is -2.22. The molecule has 1 N–H and O–H groups in total. The molecule has 1 amide bonds. The number of nitro groups is 1. The van der Waals surface area contributed by atoms with E-state index in [-0.39, 0.29) is 16.8 Å². The molecule has 1 aromatic heterocycles. The molecule has 0 aliphatic heterocycles. The maximum Gasteiger partial charge on any atom is 0.269 e. The number of nitrogens with zero attached hydrogens (tertiary/aromatic N) is 2. The number of hydrogen-bond donors (Lipinski definition) is 1. The molecule has 1 heterocycles. The van der Waals surface area contributed by atoms with Crippen molar-refractivity contribution in [2.24, 2.45) is 0 Å². The molecule has 7 heteroatoms. The quantitative estimate of drug-likeness (QED) is 0.519. The largest absolute Gasteiger partial charge is 0.324 e. The molecule has 1 atom stereocenters. The van der Waals surface area contributed by atoms with Gasteiger partial charge in [0.1, 0.15) is 0 Å². The second-order valence-electron chi connectivity index (χ2n) is 4.69. The van der Waals surface area contributed by atoms with Gasteiger partial charge in [0.15, 0.2) is 0 Å². The van der Waals surface area contributed by atoms with Crippen LogP contribution in [0, 0.1) is 17.0 Å². The molecule has 0 bridgehead atoms. The van der Waals surface area contributed by atoms with E-state index in [4.69, 9.17) is 0 Å². The number of amides is 1. The van der Waals surface area contributed by atoms with Gasteiger partial charge in [-0.25, -0.2) is 0 Å². The topological polar surface area (TPSA) is 85.1 Å². The SMILES string of the molecule is Cc1ccncc1NC(=O)C(C)Sc1ccc([N+](=O)[O-])cc1. The predicted octanol–water partition coefficient (Wildman–Crippen LogP) is 3.42. The predicted molar refractivity (Wildman–Crippen MR) is 86.0 cm³/mol. The van der Waals surface area contributed by atoms with E-state index in [9.17, 15) is 14.9 Å². The smallest absolute Gasteiger partial charge is 0.269 e. The highest BCUT2D eigenvalue weighted by Crippen LogP contribution is 2.26. The zero-order chi connectivity index (χ0) is 16.1. The van der Waals surface area contributed by atoms with Crippen molar-refractivity contribution in [3.05, 3.63) is 58.4 Å². The van der Waals surface area contributed by atoms with Crippen LogP contribution in [0.25, 0.3) is 0 Å². The van der Waals surface area contributed by atoms with Gasteiger partial charge in [0.25, 0.3) is 5.69 Å². The van der Waals surface area contributed by atoms with Crippen LogP contribution in [0.2, 0.25) is 0 Å². The standard InChI is InChI=1S/C15H15N3O3S/c1-10-7-8-16-9-14(10)17-15(19)11(2)22-13-5-3-12(4-6-13)18(20)21/h3-9,11H,1-2H3,(H,17,19). The molecule has 0 aliphatic carbocycles. The highest BCUT2D eigenvalue weighted by atomic mass is 32.2. The molecule has 0 saturated carbocycles. The first-order valence-electron chi connectivity index (χ1n) is 6.60. The number of pyridine rings is 1. The van der Waals surface area contributed by atoms with Crippen LogP contribution in [0.5, 0.6) is 0 Å². The molecule has 22 heavy (non-hydrogen) atoms. The van der Waals surface area contributed by atoms with Gasteiger partial charge in [-0.2, -0.15) is 0 Å². The molecule has 0 radical (unpaired) electrons. The Labute approximate surface area is 132 Å². The Morgan fingerprint density at radius 3 is 2.59 bits per heavy atom. The summed E-state index contributed by atoms with van der Waals surface area (Å²) in [6.45, 7) is 3.68. The summed E-state index contributed by atoms with van der Waals surface area (Å²) >= 11 is 1.34. The van der Waals surface area contributed by atoms with Crippen LogP contribution in [-0.2, 0) is 4.79 Å². The van der Waals surface area contributed by atoms with Gasteiger partial charge >= 0.3 is 0 Å². The molecule has 0 saturated heterocycles. The zero-order valence-electron chi connectivity index (χ0n) is 12.1. The van der Waals surface area contributed by atoms with Crippen LogP contribution in [-0.4, -0.2) is 21.1 Å². The van der Waals surface area contributed by atoms with Gasteiger partial charge < -0.3 is 5.32 Å². The van der Waals surface area contributed by atoms with Crippen LogP contribution in [0.15, 0.2) is 47.6 Å². The first-order chi connectivity index (χ1) is 10.5. The first kappa shape index (κ1) is 16.0. The number of aromatic nitrogens is 1. The van der Waals surface area contributed by atoms with E-state index in [2.05, 4.69) is 10.3 Å². The third-order valence-electron chi connectivity index (χ3n) is 3.03. The van der Waals surface area contributed by atoms with Gasteiger partial charge in [0.05, 0.1) is 22.1 Å².